The Balaban J connectivity index is 1.91. The molecule has 1 radical (unpaired) electrons. The van der Waals surface area contributed by atoms with E-state index in [2.05, 4.69) is 6.92 Å². The second-order valence-electron chi connectivity index (χ2n) is 2.26. The molecule has 1 unspecified atom stereocenters. The van der Waals surface area contributed by atoms with Crippen molar-refractivity contribution in [3.63, 3.8) is 0 Å². The summed E-state index contributed by atoms with van der Waals surface area (Å²) >= 11 is 0. The van der Waals surface area contributed by atoms with Crippen LogP contribution < -0.4 is 0 Å². The van der Waals surface area contributed by atoms with Gasteiger partial charge in [-0.15, -0.1) is 0 Å². The fraction of sp³-hybridized carbons (Fsp3) is 0.857. The topological polar surface area (TPSA) is 27.7 Å². The van der Waals surface area contributed by atoms with E-state index in [9.17, 15) is 0 Å². The van der Waals surface area contributed by atoms with E-state index in [4.69, 9.17) is 14.2 Å². The quantitative estimate of drug-likeness (QED) is 0.551. The maximum absolute atomic E-state index is 5.24. The molecular weight excluding hydrogens is 132 g/mol. The lowest BCUT2D eigenvalue weighted by atomic mass is 10.4. The largest absolute Gasteiger partial charge is 0.379 e. The van der Waals surface area contributed by atoms with Crippen LogP contribution in [0.15, 0.2) is 0 Å². The van der Waals surface area contributed by atoms with Gasteiger partial charge >= 0.3 is 0 Å². The van der Waals surface area contributed by atoms with Crippen molar-refractivity contribution in [1.29, 1.82) is 0 Å². The van der Waals surface area contributed by atoms with Crippen molar-refractivity contribution in [2.45, 2.75) is 19.4 Å². The van der Waals surface area contributed by atoms with Crippen LogP contribution in [0.25, 0.3) is 0 Å². The van der Waals surface area contributed by atoms with Gasteiger partial charge in [-0.3, -0.25) is 0 Å². The summed E-state index contributed by atoms with van der Waals surface area (Å²) in [5.74, 6) is 0. The molecule has 0 aromatic rings. The fourth-order valence-corrected chi connectivity index (χ4v) is 0.750. The van der Waals surface area contributed by atoms with E-state index < -0.39 is 0 Å². The van der Waals surface area contributed by atoms with Crippen LogP contribution >= 0.6 is 0 Å². The third-order valence-corrected chi connectivity index (χ3v) is 1.25. The molecule has 0 spiro atoms. The molecule has 0 saturated carbocycles. The molecular formula is C7H13O3. The Morgan fingerprint density at radius 3 is 3.20 bits per heavy atom. The Bertz CT molecular complexity index is 78.9. The van der Waals surface area contributed by atoms with Crippen molar-refractivity contribution < 1.29 is 14.2 Å². The number of ether oxygens (including phenoxy) is 3. The predicted molar refractivity (Wildman–Crippen MR) is 36.2 cm³/mol. The summed E-state index contributed by atoms with van der Waals surface area (Å²) < 4.78 is 15.1. The highest BCUT2D eigenvalue weighted by Gasteiger charge is 2.15. The minimum atomic E-state index is 0.117. The van der Waals surface area contributed by atoms with Crippen LogP contribution in [0.1, 0.15) is 13.3 Å². The average molecular weight is 145 g/mol. The fourth-order valence-electron chi connectivity index (χ4n) is 0.750. The molecule has 1 aliphatic rings. The Morgan fingerprint density at radius 1 is 1.70 bits per heavy atom. The first-order valence-corrected chi connectivity index (χ1v) is 3.60. The van der Waals surface area contributed by atoms with Crippen molar-refractivity contribution in [2.75, 3.05) is 19.8 Å². The first kappa shape index (κ1) is 7.98. The number of hydrogen-bond acceptors (Lipinski definition) is 3. The van der Waals surface area contributed by atoms with E-state index in [1.165, 1.54) is 6.79 Å². The zero-order chi connectivity index (χ0) is 7.23. The Kier molecular flexibility index (Phi) is 3.72. The van der Waals surface area contributed by atoms with Crippen LogP contribution in [-0.4, -0.2) is 25.9 Å². The second kappa shape index (κ2) is 4.66. The third kappa shape index (κ3) is 2.64. The summed E-state index contributed by atoms with van der Waals surface area (Å²) in [7, 11) is 0. The standard InChI is InChI=1S/C7H13O3/c1-2-3-8-4-7-5-9-6-10-7/h6-7H,2-5H2,1H3. The zero-order valence-electron chi connectivity index (χ0n) is 6.21. The van der Waals surface area contributed by atoms with Crippen molar-refractivity contribution in [3.8, 4) is 0 Å². The summed E-state index contributed by atoms with van der Waals surface area (Å²) in [6.45, 7) is 5.53. The lowest BCUT2D eigenvalue weighted by Crippen LogP contribution is -2.17. The van der Waals surface area contributed by atoms with Gasteiger partial charge in [-0.05, 0) is 6.42 Å². The number of rotatable bonds is 4. The molecule has 0 N–H and O–H groups in total. The van der Waals surface area contributed by atoms with Gasteiger partial charge in [-0.1, -0.05) is 6.92 Å². The maximum atomic E-state index is 5.24. The molecule has 0 aliphatic carbocycles. The SMILES string of the molecule is CCCOCC1CO[CH]O1. The van der Waals surface area contributed by atoms with Gasteiger partial charge in [0.25, 0.3) is 0 Å². The van der Waals surface area contributed by atoms with Crippen molar-refractivity contribution in [1.82, 2.24) is 0 Å². The van der Waals surface area contributed by atoms with Gasteiger partial charge < -0.3 is 14.2 Å². The molecule has 10 heavy (non-hydrogen) atoms. The van der Waals surface area contributed by atoms with Gasteiger partial charge in [-0.25, -0.2) is 0 Å². The lowest BCUT2D eigenvalue weighted by Gasteiger charge is -2.06. The molecule has 1 fully saturated rings. The van der Waals surface area contributed by atoms with Crippen LogP contribution in [-0.2, 0) is 14.2 Å². The van der Waals surface area contributed by atoms with E-state index in [1.807, 2.05) is 0 Å². The van der Waals surface area contributed by atoms with E-state index in [-0.39, 0.29) is 6.10 Å². The molecule has 1 heterocycles. The van der Waals surface area contributed by atoms with Gasteiger partial charge in [0, 0.05) is 6.61 Å². The van der Waals surface area contributed by atoms with Gasteiger partial charge in [0.05, 0.1) is 13.2 Å². The van der Waals surface area contributed by atoms with Crippen LogP contribution in [0.3, 0.4) is 0 Å². The predicted octanol–water partition coefficient (Wildman–Crippen LogP) is 0.948. The molecule has 3 nitrogen and oxygen atoms in total. The minimum absolute atomic E-state index is 0.117. The van der Waals surface area contributed by atoms with Gasteiger partial charge in [0.2, 0.25) is 6.79 Å². The summed E-state index contributed by atoms with van der Waals surface area (Å²) in [4.78, 5) is 0. The summed E-state index contributed by atoms with van der Waals surface area (Å²) in [6, 6.07) is 0. The molecule has 59 valence electrons. The molecule has 1 rings (SSSR count). The maximum Gasteiger partial charge on any atom is 0.209 e. The lowest BCUT2D eigenvalue weighted by molar-refractivity contribution is 0.0378. The van der Waals surface area contributed by atoms with Crippen LogP contribution in [0.4, 0.5) is 0 Å². The zero-order valence-corrected chi connectivity index (χ0v) is 6.21. The Labute approximate surface area is 61.3 Å². The second-order valence-corrected chi connectivity index (χ2v) is 2.26. The highest BCUT2D eigenvalue weighted by molar-refractivity contribution is 4.61. The van der Waals surface area contributed by atoms with Crippen molar-refractivity contribution >= 4 is 0 Å². The molecule has 1 atom stereocenters. The highest BCUT2D eigenvalue weighted by atomic mass is 16.7. The summed E-state index contributed by atoms with van der Waals surface area (Å²) in [5, 5.41) is 0. The van der Waals surface area contributed by atoms with Gasteiger partial charge in [0.1, 0.15) is 6.10 Å². The van der Waals surface area contributed by atoms with Crippen molar-refractivity contribution in [2.24, 2.45) is 0 Å². The normalized spacial score (nSPS) is 25.5. The van der Waals surface area contributed by atoms with Crippen LogP contribution in [0.5, 0.6) is 0 Å². The molecule has 0 aromatic heterocycles. The first-order valence-electron chi connectivity index (χ1n) is 3.60. The molecule has 3 heteroatoms. The van der Waals surface area contributed by atoms with E-state index >= 15 is 0 Å². The third-order valence-electron chi connectivity index (χ3n) is 1.25. The van der Waals surface area contributed by atoms with E-state index in [0.29, 0.717) is 13.2 Å². The van der Waals surface area contributed by atoms with Gasteiger partial charge in [0.15, 0.2) is 0 Å². The van der Waals surface area contributed by atoms with Gasteiger partial charge in [-0.2, -0.15) is 0 Å². The monoisotopic (exact) mass is 145 g/mol. The molecule has 0 aromatic carbocycles. The first-order chi connectivity index (χ1) is 4.93. The molecule has 1 aliphatic heterocycles. The number of hydrogen-bond donors (Lipinski definition) is 0. The molecule has 1 saturated heterocycles. The van der Waals surface area contributed by atoms with E-state index in [1.54, 1.807) is 0 Å². The average Bonchev–Trinajstić information content (AvgIpc) is 2.41. The molecule has 0 bridgehead atoms. The van der Waals surface area contributed by atoms with Crippen LogP contribution in [0, 0.1) is 6.79 Å². The Morgan fingerprint density at radius 2 is 2.60 bits per heavy atom. The summed E-state index contributed by atoms with van der Waals surface area (Å²) in [5.41, 5.74) is 0. The smallest absolute Gasteiger partial charge is 0.209 e. The summed E-state index contributed by atoms with van der Waals surface area (Å²) in [6.07, 6.45) is 1.17. The highest BCUT2D eigenvalue weighted by Crippen LogP contribution is 2.06. The van der Waals surface area contributed by atoms with Crippen LogP contribution in [0.2, 0.25) is 0 Å². The molecule has 0 amide bonds. The van der Waals surface area contributed by atoms with Crippen molar-refractivity contribution in [3.05, 3.63) is 6.79 Å². The minimum Gasteiger partial charge on any atom is -0.379 e. The Hall–Kier alpha value is -0.120. The van der Waals surface area contributed by atoms with E-state index in [0.717, 1.165) is 13.0 Å².